The fourth-order valence-electron chi connectivity index (χ4n) is 2.03. The third-order valence-electron chi connectivity index (χ3n) is 2.72. The number of hydrogen-bond acceptors (Lipinski definition) is 3. The average Bonchev–Trinajstić information content (AvgIpc) is 2.68. The first-order valence-corrected chi connectivity index (χ1v) is 6.03. The topological polar surface area (TPSA) is 39.9 Å². The molecule has 0 amide bonds. The van der Waals surface area contributed by atoms with Crippen LogP contribution in [0.2, 0.25) is 0 Å². The lowest BCUT2D eigenvalue weighted by molar-refractivity contribution is 0.162. The van der Waals surface area contributed by atoms with E-state index in [1.54, 1.807) is 19.5 Å². The molecule has 0 fully saturated rings. The quantitative estimate of drug-likeness (QED) is 0.787. The Bertz CT molecular complexity index is 509. The summed E-state index contributed by atoms with van der Waals surface area (Å²) in [4.78, 5) is 8.61. The number of halogens is 1. The maximum Gasteiger partial charge on any atom is 0.128 e. The molecule has 0 aliphatic carbocycles. The van der Waals surface area contributed by atoms with Gasteiger partial charge in [-0.2, -0.15) is 0 Å². The first-order valence-electron chi connectivity index (χ1n) is 5.60. The monoisotopic (exact) mass is 253 g/mol. The highest BCUT2D eigenvalue weighted by Crippen LogP contribution is 2.27. The minimum absolute atomic E-state index is 0.137. The summed E-state index contributed by atoms with van der Waals surface area (Å²) in [6.07, 6.45) is 3.52. The van der Waals surface area contributed by atoms with Gasteiger partial charge in [-0.1, -0.05) is 0 Å². The van der Waals surface area contributed by atoms with Gasteiger partial charge in [0.2, 0.25) is 0 Å². The lowest BCUT2D eigenvalue weighted by atomic mass is 10.3. The molecule has 4 nitrogen and oxygen atoms in total. The number of fused-ring (bicyclic) bond motifs is 1. The molecule has 2 heterocycles. The number of aromatic nitrogens is 3. The Balaban J connectivity index is 2.59. The second-order valence-corrected chi connectivity index (χ2v) is 4.78. The Hall–Kier alpha value is -1.13. The molecule has 0 bridgehead atoms. The second-order valence-electron chi connectivity index (χ2n) is 4.12. The summed E-state index contributed by atoms with van der Waals surface area (Å²) in [5.41, 5.74) is 1.92. The predicted octanol–water partition coefficient (Wildman–Crippen LogP) is 2.94. The molecule has 5 heteroatoms. The van der Waals surface area contributed by atoms with Crippen LogP contribution in [0.4, 0.5) is 0 Å². The Kier molecular flexibility index (Phi) is 3.64. The molecule has 0 spiro atoms. The highest BCUT2D eigenvalue weighted by atomic mass is 35.5. The minimum atomic E-state index is -0.137. The van der Waals surface area contributed by atoms with Crippen molar-refractivity contribution >= 4 is 22.6 Å². The van der Waals surface area contributed by atoms with Crippen molar-refractivity contribution < 1.29 is 4.74 Å². The van der Waals surface area contributed by atoms with Gasteiger partial charge in [-0.15, -0.1) is 11.6 Å². The Morgan fingerprint density at radius 2 is 2.24 bits per heavy atom. The zero-order valence-corrected chi connectivity index (χ0v) is 11.0. The van der Waals surface area contributed by atoms with Crippen molar-refractivity contribution in [1.82, 2.24) is 14.5 Å². The fraction of sp³-hybridized carbons (Fsp3) is 0.500. The Labute approximate surface area is 106 Å². The molecule has 2 aromatic heterocycles. The van der Waals surface area contributed by atoms with Gasteiger partial charge in [-0.05, 0) is 19.9 Å². The van der Waals surface area contributed by atoms with E-state index in [1.807, 2.05) is 13.0 Å². The number of pyridine rings is 1. The standard InChI is InChI=1S/C12H16ClN3O/c1-8(7-17-3)16-11-4-5-14-6-10(11)15-12(16)9(2)13/h4-6,8-9H,7H2,1-3H3. The first kappa shape index (κ1) is 12.3. The largest absolute Gasteiger partial charge is 0.383 e. The van der Waals surface area contributed by atoms with Crippen LogP contribution in [-0.4, -0.2) is 28.3 Å². The van der Waals surface area contributed by atoms with Crippen molar-refractivity contribution in [2.75, 3.05) is 13.7 Å². The lowest BCUT2D eigenvalue weighted by Gasteiger charge is -2.17. The first-order chi connectivity index (χ1) is 8.15. The van der Waals surface area contributed by atoms with Gasteiger partial charge in [-0.25, -0.2) is 4.98 Å². The SMILES string of the molecule is COCC(C)n1c(C(C)Cl)nc2cnccc21. The fourth-order valence-corrected chi connectivity index (χ4v) is 2.18. The summed E-state index contributed by atoms with van der Waals surface area (Å²) >= 11 is 6.18. The third-order valence-corrected chi connectivity index (χ3v) is 2.92. The molecule has 17 heavy (non-hydrogen) atoms. The summed E-state index contributed by atoms with van der Waals surface area (Å²) < 4.78 is 7.33. The summed E-state index contributed by atoms with van der Waals surface area (Å²) in [5, 5.41) is -0.137. The average molecular weight is 254 g/mol. The van der Waals surface area contributed by atoms with E-state index in [1.165, 1.54) is 0 Å². The molecular formula is C12H16ClN3O. The van der Waals surface area contributed by atoms with Crippen LogP contribution >= 0.6 is 11.6 Å². The van der Waals surface area contributed by atoms with Gasteiger partial charge in [0.05, 0.1) is 29.7 Å². The molecule has 0 radical (unpaired) electrons. The molecule has 0 N–H and O–H groups in total. The molecule has 2 atom stereocenters. The van der Waals surface area contributed by atoms with Crippen LogP contribution in [0.3, 0.4) is 0 Å². The number of methoxy groups -OCH3 is 1. The van der Waals surface area contributed by atoms with E-state index >= 15 is 0 Å². The number of imidazole rings is 1. The summed E-state index contributed by atoms with van der Waals surface area (Å²) in [7, 11) is 1.70. The molecule has 0 saturated heterocycles. The van der Waals surface area contributed by atoms with Crippen LogP contribution in [0.1, 0.15) is 31.1 Å². The maximum atomic E-state index is 6.18. The van der Waals surface area contributed by atoms with E-state index in [9.17, 15) is 0 Å². The van der Waals surface area contributed by atoms with E-state index in [-0.39, 0.29) is 11.4 Å². The summed E-state index contributed by atoms with van der Waals surface area (Å²) in [5.74, 6) is 0.860. The lowest BCUT2D eigenvalue weighted by Crippen LogP contribution is -2.14. The molecule has 0 aliphatic rings. The van der Waals surface area contributed by atoms with E-state index in [4.69, 9.17) is 16.3 Å². The zero-order chi connectivity index (χ0) is 12.4. The van der Waals surface area contributed by atoms with Gasteiger partial charge in [0.1, 0.15) is 11.3 Å². The van der Waals surface area contributed by atoms with Crippen LogP contribution in [0.5, 0.6) is 0 Å². The van der Waals surface area contributed by atoms with Gasteiger partial charge in [0.15, 0.2) is 0 Å². The van der Waals surface area contributed by atoms with Crippen LogP contribution in [0, 0.1) is 0 Å². The molecule has 0 aromatic carbocycles. The number of nitrogens with zero attached hydrogens (tertiary/aromatic N) is 3. The van der Waals surface area contributed by atoms with Crippen molar-refractivity contribution in [2.24, 2.45) is 0 Å². The van der Waals surface area contributed by atoms with E-state index in [0.29, 0.717) is 6.61 Å². The highest BCUT2D eigenvalue weighted by molar-refractivity contribution is 6.20. The normalized spacial score (nSPS) is 15.1. The molecule has 2 rings (SSSR count). The van der Waals surface area contributed by atoms with Gasteiger partial charge < -0.3 is 9.30 Å². The van der Waals surface area contributed by atoms with Crippen LogP contribution < -0.4 is 0 Å². The van der Waals surface area contributed by atoms with Crippen molar-refractivity contribution in [3.63, 3.8) is 0 Å². The summed E-state index contributed by atoms with van der Waals surface area (Å²) in [6.45, 7) is 4.64. The molecule has 92 valence electrons. The second kappa shape index (κ2) is 5.02. The molecule has 2 unspecified atom stereocenters. The van der Waals surface area contributed by atoms with Crippen LogP contribution in [0.25, 0.3) is 11.0 Å². The van der Waals surface area contributed by atoms with Crippen molar-refractivity contribution in [3.05, 3.63) is 24.3 Å². The van der Waals surface area contributed by atoms with Gasteiger partial charge in [-0.3, -0.25) is 4.98 Å². The molecular weight excluding hydrogens is 238 g/mol. The van der Waals surface area contributed by atoms with E-state index < -0.39 is 0 Å². The van der Waals surface area contributed by atoms with Crippen molar-refractivity contribution in [3.8, 4) is 0 Å². The zero-order valence-electron chi connectivity index (χ0n) is 10.2. The smallest absolute Gasteiger partial charge is 0.128 e. The van der Waals surface area contributed by atoms with Crippen molar-refractivity contribution in [1.29, 1.82) is 0 Å². The molecule has 0 saturated carbocycles. The minimum Gasteiger partial charge on any atom is -0.383 e. The van der Waals surface area contributed by atoms with Gasteiger partial charge in [0, 0.05) is 13.3 Å². The van der Waals surface area contributed by atoms with E-state index in [0.717, 1.165) is 16.9 Å². The van der Waals surface area contributed by atoms with E-state index in [2.05, 4.69) is 21.5 Å². The van der Waals surface area contributed by atoms with Gasteiger partial charge in [0.25, 0.3) is 0 Å². The van der Waals surface area contributed by atoms with Crippen LogP contribution in [-0.2, 0) is 4.74 Å². The molecule has 2 aromatic rings. The number of hydrogen-bond donors (Lipinski definition) is 0. The van der Waals surface area contributed by atoms with Gasteiger partial charge >= 0.3 is 0 Å². The number of alkyl halides is 1. The molecule has 0 aliphatic heterocycles. The number of ether oxygens (including phenoxy) is 1. The van der Waals surface area contributed by atoms with Crippen molar-refractivity contribution in [2.45, 2.75) is 25.3 Å². The predicted molar refractivity (Wildman–Crippen MR) is 68.4 cm³/mol. The highest BCUT2D eigenvalue weighted by Gasteiger charge is 2.18. The number of rotatable bonds is 4. The summed E-state index contributed by atoms with van der Waals surface area (Å²) in [6, 6.07) is 2.15. The Morgan fingerprint density at radius 1 is 1.47 bits per heavy atom. The maximum absolute atomic E-state index is 6.18. The Morgan fingerprint density at radius 3 is 2.88 bits per heavy atom. The third kappa shape index (κ3) is 2.28. The van der Waals surface area contributed by atoms with Crippen LogP contribution in [0.15, 0.2) is 18.5 Å².